The van der Waals surface area contributed by atoms with E-state index in [2.05, 4.69) is 24.2 Å². The molecule has 2 aliphatic rings. The Bertz CT molecular complexity index is 340. The zero-order chi connectivity index (χ0) is 15.3. The molecule has 2 fully saturated rings. The van der Waals surface area contributed by atoms with E-state index in [0.29, 0.717) is 18.6 Å². The standard InChI is InChI=1S/C16H31N3O2/c1-3-9-18-16(15(17)20,13-7-8-13)12-19(2)11-14-6-4-5-10-21-14/h13-14,18H,3-12H2,1-2H3,(H2,17,20). The SMILES string of the molecule is CCCNC(CN(C)CC1CCCCO1)(C(N)=O)C1CC1. The third-order valence-corrected chi connectivity index (χ3v) is 4.71. The first-order valence-electron chi connectivity index (χ1n) is 8.43. The van der Waals surface area contributed by atoms with Gasteiger partial charge in [0.15, 0.2) is 0 Å². The Kier molecular flexibility index (Phi) is 6.02. The topological polar surface area (TPSA) is 67.6 Å². The number of hydrogen-bond acceptors (Lipinski definition) is 4. The van der Waals surface area contributed by atoms with Gasteiger partial charge in [0.2, 0.25) is 5.91 Å². The number of hydrogen-bond donors (Lipinski definition) is 2. The molecule has 2 rings (SSSR count). The van der Waals surface area contributed by atoms with Crippen LogP contribution in [0.4, 0.5) is 0 Å². The van der Waals surface area contributed by atoms with Crippen molar-refractivity contribution in [2.24, 2.45) is 11.7 Å². The van der Waals surface area contributed by atoms with Crippen molar-refractivity contribution in [1.82, 2.24) is 10.2 Å². The first kappa shape index (κ1) is 16.7. The summed E-state index contributed by atoms with van der Waals surface area (Å²) in [5.41, 5.74) is 5.22. The molecule has 0 radical (unpaired) electrons. The van der Waals surface area contributed by atoms with E-state index in [1.165, 1.54) is 12.8 Å². The Morgan fingerprint density at radius 3 is 2.67 bits per heavy atom. The molecule has 3 N–H and O–H groups in total. The minimum absolute atomic E-state index is 0.199. The highest BCUT2D eigenvalue weighted by Crippen LogP contribution is 2.40. The average Bonchev–Trinajstić information content (AvgIpc) is 3.29. The monoisotopic (exact) mass is 297 g/mol. The summed E-state index contributed by atoms with van der Waals surface area (Å²) in [5, 5.41) is 3.46. The molecule has 122 valence electrons. The van der Waals surface area contributed by atoms with E-state index >= 15 is 0 Å². The summed E-state index contributed by atoms with van der Waals surface area (Å²) < 4.78 is 5.80. The molecule has 1 heterocycles. The Morgan fingerprint density at radius 1 is 1.38 bits per heavy atom. The van der Waals surface area contributed by atoms with Crippen LogP contribution in [0.5, 0.6) is 0 Å². The first-order chi connectivity index (χ1) is 10.1. The zero-order valence-corrected chi connectivity index (χ0v) is 13.6. The molecule has 0 spiro atoms. The van der Waals surface area contributed by atoms with Crippen LogP contribution in [0, 0.1) is 5.92 Å². The van der Waals surface area contributed by atoms with E-state index < -0.39 is 5.54 Å². The van der Waals surface area contributed by atoms with Crippen molar-refractivity contribution in [1.29, 1.82) is 0 Å². The number of nitrogens with zero attached hydrogens (tertiary/aromatic N) is 1. The van der Waals surface area contributed by atoms with Gasteiger partial charge in [-0.2, -0.15) is 0 Å². The molecular formula is C16H31N3O2. The van der Waals surface area contributed by atoms with E-state index in [1.54, 1.807) is 0 Å². The van der Waals surface area contributed by atoms with Crippen LogP contribution < -0.4 is 11.1 Å². The zero-order valence-electron chi connectivity index (χ0n) is 13.6. The third-order valence-electron chi connectivity index (χ3n) is 4.71. The quantitative estimate of drug-likeness (QED) is 0.669. The first-order valence-corrected chi connectivity index (χ1v) is 8.43. The van der Waals surface area contributed by atoms with Crippen molar-refractivity contribution < 1.29 is 9.53 Å². The Labute approximate surface area is 128 Å². The Balaban J connectivity index is 1.94. The molecule has 1 aliphatic heterocycles. The second kappa shape index (κ2) is 7.56. The van der Waals surface area contributed by atoms with Crippen LogP contribution in [0.25, 0.3) is 0 Å². The van der Waals surface area contributed by atoms with Crippen molar-refractivity contribution in [3.8, 4) is 0 Å². The minimum Gasteiger partial charge on any atom is -0.377 e. The Morgan fingerprint density at radius 2 is 2.14 bits per heavy atom. The normalized spacial score (nSPS) is 25.8. The number of primary amides is 1. The fraction of sp³-hybridized carbons (Fsp3) is 0.938. The van der Waals surface area contributed by atoms with Gasteiger partial charge in [0.05, 0.1) is 6.10 Å². The summed E-state index contributed by atoms with van der Waals surface area (Å²) in [5.74, 6) is 0.200. The van der Waals surface area contributed by atoms with Gasteiger partial charge in [-0.3, -0.25) is 4.79 Å². The van der Waals surface area contributed by atoms with Crippen molar-refractivity contribution >= 4 is 5.91 Å². The number of ether oxygens (including phenoxy) is 1. The van der Waals surface area contributed by atoms with Gasteiger partial charge in [-0.25, -0.2) is 0 Å². The molecule has 0 aromatic rings. The summed E-state index contributed by atoms with van der Waals surface area (Å²) in [6, 6.07) is 0. The van der Waals surface area contributed by atoms with Gasteiger partial charge >= 0.3 is 0 Å². The number of carbonyl (C=O) groups is 1. The van der Waals surface area contributed by atoms with Crippen LogP contribution in [-0.4, -0.2) is 55.7 Å². The predicted molar refractivity (Wildman–Crippen MR) is 84.0 cm³/mol. The number of amides is 1. The fourth-order valence-corrected chi connectivity index (χ4v) is 3.41. The van der Waals surface area contributed by atoms with Gasteiger partial charge in [-0.1, -0.05) is 6.92 Å². The van der Waals surface area contributed by atoms with E-state index in [1.807, 2.05) is 0 Å². The minimum atomic E-state index is -0.556. The maximum Gasteiger partial charge on any atom is 0.239 e. The molecule has 1 saturated carbocycles. The number of likely N-dealkylation sites (N-methyl/N-ethyl adjacent to an activating group) is 1. The molecule has 5 heteroatoms. The van der Waals surface area contributed by atoms with Gasteiger partial charge in [-0.15, -0.1) is 0 Å². The van der Waals surface area contributed by atoms with Crippen molar-refractivity contribution in [2.45, 2.75) is 57.1 Å². The van der Waals surface area contributed by atoms with Crippen LogP contribution >= 0.6 is 0 Å². The molecule has 0 bridgehead atoms. The van der Waals surface area contributed by atoms with Gasteiger partial charge in [-0.05, 0) is 58.0 Å². The van der Waals surface area contributed by atoms with E-state index in [0.717, 1.165) is 45.4 Å². The third kappa shape index (κ3) is 4.41. The molecule has 0 aromatic heterocycles. The summed E-state index contributed by atoms with van der Waals surface area (Å²) in [7, 11) is 2.08. The molecule has 1 saturated heterocycles. The van der Waals surface area contributed by atoms with Crippen molar-refractivity contribution in [3.05, 3.63) is 0 Å². The van der Waals surface area contributed by atoms with E-state index in [-0.39, 0.29) is 5.91 Å². The highest BCUT2D eigenvalue weighted by atomic mass is 16.5. The highest BCUT2D eigenvalue weighted by molar-refractivity contribution is 5.86. The second-order valence-electron chi connectivity index (χ2n) is 6.72. The van der Waals surface area contributed by atoms with E-state index in [4.69, 9.17) is 10.5 Å². The lowest BCUT2D eigenvalue weighted by Gasteiger charge is -2.37. The van der Waals surface area contributed by atoms with Crippen molar-refractivity contribution in [3.63, 3.8) is 0 Å². The number of nitrogens with one attached hydrogen (secondary N) is 1. The number of nitrogens with two attached hydrogens (primary N) is 1. The summed E-state index contributed by atoms with van der Waals surface area (Å²) in [6.45, 7) is 5.40. The van der Waals surface area contributed by atoms with Gasteiger partial charge in [0, 0.05) is 19.7 Å². The molecule has 2 atom stereocenters. The van der Waals surface area contributed by atoms with E-state index in [9.17, 15) is 4.79 Å². The molecule has 1 aliphatic carbocycles. The van der Waals surface area contributed by atoms with Crippen LogP contribution in [0.3, 0.4) is 0 Å². The van der Waals surface area contributed by atoms with Gasteiger partial charge in [0.1, 0.15) is 5.54 Å². The smallest absolute Gasteiger partial charge is 0.239 e. The largest absolute Gasteiger partial charge is 0.377 e. The summed E-state index contributed by atoms with van der Waals surface area (Å²) >= 11 is 0. The maximum atomic E-state index is 12.1. The lowest BCUT2D eigenvalue weighted by Crippen LogP contribution is -2.63. The molecular weight excluding hydrogens is 266 g/mol. The number of carbonyl (C=O) groups excluding carboxylic acids is 1. The highest BCUT2D eigenvalue weighted by Gasteiger charge is 2.50. The maximum absolute atomic E-state index is 12.1. The lowest BCUT2D eigenvalue weighted by molar-refractivity contribution is -0.126. The van der Waals surface area contributed by atoms with Gasteiger partial charge < -0.3 is 20.7 Å². The van der Waals surface area contributed by atoms with Crippen LogP contribution in [0.15, 0.2) is 0 Å². The number of rotatable bonds is 9. The van der Waals surface area contributed by atoms with Crippen LogP contribution in [0.2, 0.25) is 0 Å². The molecule has 1 amide bonds. The summed E-state index contributed by atoms with van der Waals surface area (Å²) in [4.78, 5) is 14.4. The molecule has 5 nitrogen and oxygen atoms in total. The molecule has 2 unspecified atom stereocenters. The van der Waals surface area contributed by atoms with Crippen LogP contribution in [0.1, 0.15) is 45.4 Å². The fourth-order valence-electron chi connectivity index (χ4n) is 3.41. The molecule has 21 heavy (non-hydrogen) atoms. The van der Waals surface area contributed by atoms with Crippen molar-refractivity contribution in [2.75, 3.05) is 33.3 Å². The predicted octanol–water partition coefficient (Wildman–Crippen LogP) is 1.12. The second-order valence-corrected chi connectivity index (χ2v) is 6.72. The lowest BCUT2D eigenvalue weighted by atomic mass is 9.91. The molecule has 0 aromatic carbocycles. The Hall–Kier alpha value is -0.650. The summed E-state index contributed by atoms with van der Waals surface area (Å²) in [6.07, 6.45) is 7.07. The van der Waals surface area contributed by atoms with Gasteiger partial charge in [0.25, 0.3) is 0 Å². The van der Waals surface area contributed by atoms with Crippen LogP contribution in [-0.2, 0) is 9.53 Å². The average molecular weight is 297 g/mol.